The lowest BCUT2D eigenvalue weighted by Crippen LogP contribution is -2.34. The molecule has 1 aromatic rings. The molecule has 0 aliphatic carbocycles. The number of para-hydroxylation sites is 1. The largest absolute Gasteiger partial charge is 0.372 e. The Kier molecular flexibility index (Phi) is 1.98. The monoisotopic (exact) mass is 178 g/mol. The van der Waals surface area contributed by atoms with Crippen molar-refractivity contribution in [3.63, 3.8) is 0 Å². The first kappa shape index (κ1) is 8.53. The van der Waals surface area contributed by atoms with Crippen molar-refractivity contribution in [1.29, 1.82) is 0 Å². The number of aliphatic hydroxyl groups excluding tert-OH is 1. The maximum Gasteiger partial charge on any atom is 0.152 e. The van der Waals surface area contributed by atoms with Crippen molar-refractivity contribution in [2.24, 2.45) is 0 Å². The number of nitrogens with zero attached hydrogens (tertiary/aromatic N) is 1. The van der Waals surface area contributed by atoms with Gasteiger partial charge in [0.15, 0.2) is 6.23 Å². The van der Waals surface area contributed by atoms with E-state index in [1.807, 2.05) is 43.1 Å². The predicted octanol–water partition coefficient (Wildman–Crippen LogP) is 1.73. The molecule has 0 saturated heterocycles. The summed E-state index contributed by atoms with van der Waals surface area (Å²) in [6.45, 7) is 4.09. The highest BCUT2D eigenvalue weighted by molar-refractivity contribution is 5.54. The highest BCUT2D eigenvalue weighted by Gasteiger charge is 2.29. The maximum absolute atomic E-state index is 9.87. The number of benzene rings is 1. The SMILES string of the molecule is CC(C)N1Nc2ccccc2C1O. The molecule has 0 saturated carbocycles. The van der Waals surface area contributed by atoms with Gasteiger partial charge in [-0.3, -0.25) is 0 Å². The third kappa shape index (κ3) is 1.30. The molecule has 1 unspecified atom stereocenters. The molecule has 2 N–H and O–H groups in total. The molecule has 70 valence electrons. The van der Waals surface area contributed by atoms with Crippen LogP contribution >= 0.6 is 0 Å². The molecule has 0 aromatic heterocycles. The minimum absolute atomic E-state index is 0.280. The summed E-state index contributed by atoms with van der Waals surface area (Å²) in [6, 6.07) is 8.09. The molecule has 1 heterocycles. The lowest BCUT2D eigenvalue weighted by molar-refractivity contribution is 0.0131. The van der Waals surface area contributed by atoms with E-state index in [4.69, 9.17) is 0 Å². The van der Waals surface area contributed by atoms with Gasteiger partial charge in [0.05, 0.1) is 5.69 Å². The Balaban J connectivity index is 2.32. The Morgan fingerprint density at radius 3 is 2.69 bits per heavy atom. The van der Waals surface area contributed by atoms with Crippen LogP contribution in [0.3, 0.4) is 0 Å². The fraction of sp³-hybridized carbons (Fsp3) is 0.400. The fourth-order valence-electron chi connectivity index (χ4n) is 1.59. The molecule has 1 aromatic carbocycles. The molecule has 0 spiro atoms. The van der Waals surface area contributed by atoms with Crippen molar-refractivity contribution < 1.29 is 5.11 Å². The molecule has 0 bridgehead atoms. The third-order valence-electron chi connectivity index (χ3n) is 2.31. The Labute approximate surface area is 78.0 Å². The van der Waals surface area contributed by atoms with Gasteiger partial charge in [-0.15, -0.1) is 0 Å². The molecular weight excluding hydrogens is 164 g/mol. The van der Waals surface area contributed by atoms with Crippen molar-refractivity contribution in [3.05, 3.63) is 29.8 Å². The third-order valence-corrected chi connectivity index (χ3v) is 2.31. The van der Waals surface area contributed by atoms with Crippen molar-refractivity contribution in [2.75, 3.05) is 5.43 Å². The molecule has 0 amide bonds. The van der Waals surface area contributed by atoms with E-state index in [0.717, 1.165) is 11.3 Å². The first-order chi connectivity index (χ1) is 6.20. The van der Waals surface area contributed by atoms with E-state index in [-0.39, 0.29) is 6.04 Å². The minimum Gasteiger partial charge on any atom is -0.372 e. The van der Waals surface area contributed by atoms with Crippen LogP contribution in [0.2, 0.25) is 0 Å². The summed E-state index contributed by atoms with van der Waals surface area (Å²) in [7, 11) is 0. The molecule has 2 rings (SSSR count). The smallest absolute Gasteiger partial charge is 0.152 e. The van der Waals surface area contributed by atoms with Crippen LogP contribution in [-0.2, 0) is 0 Å². The van der Waals surface area contributed by atoms with Gasteiger partial charge in [0.2, 0.25) is 0 Å². The number of nitrogens with one attached hydrogen (secondary N) is 1. The summed E-state index contributed by atoms with van der Waals surface area (Å²) >= 11 is 0. The summed E-state index contributed by atoms with van der Waals surface area (Å²) in [5.41, 5.74) is 5.13. The zero-order chi connectivity index (χ0) is 9.42. The Hall–Kier alpha value is -1.06. The second kappa shape index (κ2) is 3.01. The average molecular weight is 178 g/mol. The number of fused-ring (bicyclic) bond motifs is 1. The lowest BCUT2D eigenvalue weighted by Gasteiger charge is -2.24. The van der Waals surface area contributed by atoms with Crippen LogP contribution in [0.25, 0.3) is 0 Å². The van der Waals surface area contributed by atoms with Gasteiger partial charge in [-0.05, 0) is 19.9 Å². The number of aliphatic hydroxyl groups is 1. The van der Waals surface area contributed by atoms with Gasteiger partial charge < -0.3 is 10.5 Å². The van der Waals surface area contributed by atoms with Crippen molar-refractivity contribution in [3.8, 4) is 0 Å². The van der Waals surface area contributed by atoms with Crippen LogP contribution in [0, 0.1) is 0 Å². The summed E-state index contributed by atoms with van der Waals surface area (Å²) in [5, 5.41) is 11.7. The number of hydrogen-bond acceptors (Lipinski definition) is 3. The van der Waals surface area contributed by atoms with Gasteiger partial charge in [0.25, 0.3) is 0 Å². The van der Waals surface area contributed by atoms with E-state index in [2.05, 4.69) is 5.43 Å². The van der Waals surface area contributed by atoms with Crippen LogP contribution in [0.5, 0.6) is 0 Å². The predicted molar refractivity (Wildman–Crippen MR) is 52.0 cm³/mol. The van der Waals surface area contributed by atoms with Gasteiger partial charge in [-0.25, -0.2) is 0 Å². The van der Waals surface area contributed by atoms with Crippen LogP contribution < -0.4 is 5.43 Å². The van der Waals surface area contributed by atoms with E-state index in [9.17, 15) is 5.11 Å². The zero-order valence-corrected chi connectivity index (χ0v) is 7.86. The second-order valence-electron chi connectivity index (χ2n) is 3.57. The summed E-state index contributed by atoms with van der Waals surface area (Å²) in [5.74, 6) is 0. The second-order valence-corrected chi connectivity index (χ2v) is 3.57. The summed E-state index contributed by atoms with van der Waals surface area (Å²) in [4.78, 5) is 0. The number of hydrazine groups is 1. The van der Waals surface area contributed by atoms with Crippen LogP contribution in [0.15, 0.2) is 24.3 Å². The van der Waals surface area contributed by atoms with E-state index >= 15 is 0 Å². The van der Waals surface area contributed by atoms with Gasteiger partial charge in [0.1, 0.15) is 0 Å². The van der Waals surface area contributed by atoms with Gasteiger partial charge in [-0.1, -0.05) is 18.2 Å². The van der Waals surface area contributed by atoms with E-state index in [1.165, 1.54) is 0 Å². The first-order valence-electron chi connectivity index (χ1n) is 4.52. The molecule has 3 nitrogen and oxygen atoms in total. The molecule has 1 atom stereocenters. The number of hydrogen-bond donors (Lipinski definition) is 2. The van der Waals surface area contributed by atoms with Crippen molar-refractivity contribution in [2.45, 2.75) is 26.1 Å². The quantitative estimate of drug-likeness (QED) is 0.687. The lowest BCUT2D eigenvalue weighted by atomic mass is 10.2. The standard InChI is InChI=1S/C10H14N2O/c1-7(2)12-10(13)8-5-3-4-6-9(8)11-12/h3-7,10-11,13H,1-2H3. The van der Waals surface area contributed by atoms with Crippen molar-refractivity contribution >= 4 is 5.69 Å². The topological polar surface area (TPSA) is 35.5 Å². The molecule has 0 fully saturated rings. The van der Waals surface area contributed by atoms with Gasteiger partial charge in [0, 0.05) is 11.6 Å². The highest BCUT2D eigenvalue weighted by Crippen LogP contribution is 2.33. The van der Waals surface area contributed by atoms with Gasteiger partial charge >= 0.3 is 0 Å². The zero-order valence-electron chi connectivity index (χ0n) is 7.86. The van der Waals surface area contributed by atoms with Crippen molar-refractivity contribution in [1.82, 2.24) is 5.01 Å². The van der Waals surface area contributed by atoms with E-state index < -0.39 is 6.23 Å². The molecule has 3 heteroatoms. The van der Waals surface area contributed by atoms with Crippen LogP contribution in [-0.4, -0.2) is 16.2 Å². The molecule has 0 radical (unpaired) electrons. The van der Waals surface area contributed by atoms with Crippen LogP contribution in [0.4, 0.5) is 5.69 Å². The minimum atomic E-state index is -0.517. The first-order valence-corrected chi connectivity index (χ1v) is 4.52. The van der Waals surface area contributed by atoms with E-state index in [1.54, 1.807) is 0 Å². The summed E-state index contributed by atoms with van der Waals surface area (Å²) in [6.07, 6.45) is -0.517. The molecule has 1 aliphatic rings. The highest BCUT2D eigenvalue weighted by atomic mass is 16.3. The normalized spacial score (nSPS) is 21.7. The molecule has 13 heavy (non-hydrogen) atoms. The van der Waals surface area contributed by atoms with E-state index in [0.29, 0.717) is 0 Å². The maximum atomic E-state index is 9.87. The van der Waals surface area contributed by atoms with Gasteiger partial charge in [-0.2, -0.15) is 5.01 Å². The number of anilines is 1. The van der Waals surface area contributed by atoms with Crippen LogP contribution in [0.1, 0.15) is 25.6 Å². The Morgan fingerprint density at radius 2 is 2.08 bits per heavy atom. The average Bonchev–Trinajstić information content (AvgIpc) is 2.45. The molecule has 1 aliphatic heterocycles. The fourth-order valence-corrected chi connectivity index (χ4v) is 1.59. The Bertz CT molecular complexity index is 312. The number of rotatable bonds is 1. The molecular formula is C10H14N2O. The summed E-state index contributed by atoms with van der Waals surface area (Å²) < 4.78 is 0. The Morgan fingerprint density at radius 1 is 1.38 bits per heavy atom.